The van der Waals surface area contributed by atoms with E-state index in [4.69, 9.17) is 4.84 Å². The first-order valence-electron chi connectivity index (χ1n) is 9.47. The van der Waals surface area contributed by atoms with Gasteiger partial charge in [-0.2, -0.15) is 0 Å². The first-order chi connectivity index (χ1) is 12.3. The molecule has 0 heterocycles. The van der Waals surface area contributed by atoms with Crippen molar-refractivity contribution in [1.82, 2.24) is 0 Å². The van der Waals surface area contributed by atoms with E-state index in [0.29, 0.717) is 17.9 Å². The second kappa shape index (κ2) is 7.26. The van der Waals surface area contributed by atoms with Gasteiger partial charge in [0.05, 0.1) is 11.3 Å². The molecule has 0 bridgehead atoms. The smallest absolute Gasteiger partial charge is 0.167 e. The molecular formula is C22H29NO3. The zero-order valence-corrected chi connectivity index (χ0v) is 16.4. The fourth-order valence-electron chi connectivity index (χ4n) is 4.80. The van der Waals surface area contributed by atoms with Gasteiger partial charge in [0.25, 0.3) is 0 Å². The molecule has 0 spiro atoms. The Kier molecular flexibility index (Phi) is 5.22. The molecule has 0 amide bonds. The van der Waals surface area contributed by atoms with Crippen molar-refractivity contribution < 1.29 is 14.7 Å². The highest BCUT2D eigenvalue weighted by Crippen LogP contribution is 2.44. The molecule has 4 nitrogen and oxygen atoms in total. The Labute approximate surface area is 155 Å². The Hall–Kier alpha value is -2.10. The molecule has 3 unspecified atom stereocenters. The van der Waals surface area contributed by atoms with E-state index in [2.05, 4.69) is 24.2 Å². The third-order valence-electron chi connectivity index (χ3n) is 5.87. The van der Waals surface area contributed by atoms with Gasteiger partial charge < -0.3 is 9.94 Å². The highest BCUT2D eigenvalue weighted by molar-refractivity contribution is 6.24. The topological polar surface area (TPSA) is 58.9 Å². The summed E-state index contributed by atoms with van der Waals surface area (Å²) in [6.07, 6.45) is 3.25. The summed E-state index contributed by atoms with van der Waals surface area (Å²) in [7, 11) is 1.56. The van der Waals surface area contributed by atoms with Gasteiger partial charge >= 0.3 is 0 Å². The normalized spacial score (nSPS) is 28.1. The van der Waals surface area contributed by atoms with Crippen LogP contribution in [0.2, 0.25) is 0 Å². The van der Waals surface area contributed by atoms with Crippen LogP contribution in [-0.2, 0) is 9.63 Å². The van der Waals surface area contributed by atoms with Crippen LogP contribution in [0.1, 0.15) is 54.9 Å². The fraction of sp³-hybridized carbons (Fsp3) is 0.545. The molecule has 3 rings (SSSR count). The minimum Gasteiger partial charge on any atom is -0.511 e. The number of carbonyl (C=O) groups excluding carboxylic acids is 1. The second-order valence-corrected chi connectivity index (χ2v) is 8.03. The number of oxime groups is 1. The number of rotatable bonds is 3. The van der Waals surface area contributed by atoms with Crippen molar-refractivity contribution in [2.24, 2.45) is 22.9 Å². The highest BCUT2D eigenvalue weighted by atomic mass is 16.6. The molecule has 1 saturated carbocycles. The van der Waals surface area contributed by atoms with Gasteiger partial charge in [0, 0.05) is 18.3 Å². The van der Waals surface area contributed by atoms with Crippen molar-refractivity contribution >= 4 is 17.1 Å². The number of benzene rings is 1. The summed E-state index contributed by atoms with van der Waals surface area (Å²) in [5.41, 5.74) is 5.65. The third-order valence-corrected chi connectivity index (χ3v) is 5.87. The maximum absolute atomic E-state index is 12.9. The number of allylic oxidation sites excluding steroid dienone is 2. The molecule has 26 heavy (non-hydrogen) atoms. The molecule has 2 aliphatic carbocycles. The lowest BCUT2D eigenvalue weighted by Gasteiger charge is -2.31. The maximum atomic E-state index is 12.9. The van der Waals surface area contributed by atoms with Crippen LogP contribution in [-0.4, -0.2) is 23.7 Å². The zero-order valence-electron chi connectivity index (χ0n) is 16.4. The number of carbonyl (C=O) groups is 1. The molecule has 1 fully saturated rings. The van der Waals surface area contributed by atoms with E-state index in [0.717, 1.165) is 41.7 Å². The summed E-state index contributed by atoms with van der Waals surface area (Å²) in [5.74, 6) is 0.744. The number of ketones is 1. The summed E-state index contributed by atoms with van der Waals surface area (Å²) in [5, 5.41) is 15.3. The van der Waals surface area contributed by atoms with Crippen molar-refractivity contribution in [3.05, 3.63) is 40.1 Å². The number of aliphatic hydroxyl groups is 1. The monoisotopic (exact) mass is 355 g/mol. The molecule has 1 N–H and O–H groups in total. The quantitative estimate of drug-likeness (QED) is 0.784. The fourth-order valence-corrected chi connectivity index (χ4v) is 4.80. The van der Waals surface area contributed by atoms with Gasteiger partial charge in [-0.1, -0.05) is 29.8 Å². The Morgan fingerprint density at radius 1 is 1.08 bits per heavy atom. The maximum Gasteiger partial charge on any atom is 0.167 e. The number of hydrogen-bond donors (Lipinski definition) is 1. The first-order valence-corrected chi connectivity index (χ1v) is 9.47. The van der Waals surface area contributed by atoms with Gasteiger partial charge in [-0.15, -0.1) is 0 Å². The van der Waals surface area contributed by atoms with E-state index in [-0.39, 0.29) is 23.4 Å². The van der Waals surface area contributed by atoms with Crippen LogP contribution in [0.3, 0.4) is 0 Å². The number of nitrogens with zero attached hydrogens (tertiary/aromatic N) is 1. The van der Waals surface area contributed by atoms with Gasteiger partial charge in [0.15, 0.2) is 5.78 Å². The van der Waals surface area contributed by atoms with Crippen LogP contribution in [0, 0.1) is 38.5 Å². The second-order valence-electron chi connectivity index (χ2n) is 8.03. The van der Waals surface area contributed by atoms with E-state index in [1.165, 1.54) is 5.56 Å². The van der Waals surface area contributed by atoms with Gasteiger partial charge in [0.2, 0.25) is 0 Å². The zero-order chi connectivity index (χ0) is 19.0. The van der Waals surface area contributed by atoms with Crippen LogP contribution in [0.5, 0.6) is 0 Å². The molecule has 0 aromatic heterocycles. The predicted octanol–water partition coefficient (Wildman–Crippen LogP) is 4.91. The van der Waals surface area contributed by atoms with Crippen molar-refractivity contribution in [1.29, 1.82) is 0 Å². The Bertz CT molecular complexity index is 768. The number of aliphatic hydroxyl groups excluding tert-OH is 1. The SMILES string of the molecule is CON=C1CC(C)CCC1C1CC(=O)C(c2c(C)cc(C)cc2C)=C1O. The number of aryl methyl sites for hydroxylation is 3. The Balaban J connectivity index is 2.03. The molecule has 2 aliphatic rings. The van der Waals surface area contributed by atoms with Crippen LogP contribution >= 0.6 is 0 Å². The van der Waals surface area contributed by atoms with Crippen LogP contribution in [0.15, 0.2) is 23.0 Å². The molecule has 3 atom stereocenters. The van der Waals surface area contributed by atoms with Gasteiger partial charge in [-0.25, -0.2) is 0 Å². The molecule has 4 heteroatoms. The van der Waals surface area contributed by atoms with Crippen LogP contribution in [0.4, 0.5) is 0 Å². The summed E-state index contributed by atoms with van der Waals surface area (Å²) < 4.78 is 0. The first kappa shape index (κ1) is 18.7. The van der Waals surface area contributed by atoms with Crippen LogP contribution in [0.25, 0.3) is 5.57 Å². The largest absolute Gasteiger partial charge is 0.511 e. The average Bonchev–Trinajstić information content (AvgIpc) is 2.83. The summed E-state index contributed by atoms with van der Waals surface area (Å²) >= 11 is 0. The predicted molar refractivity (Wildman–Crippen MR) is 104 cm³/mol. The van der Waals surface area contributed by atoms with E-state index in [1.807, 2.05) is 20.8 Å². The Morgan fingerprint density at radius 2 is 1.73 bits per heavy atom. The molecule has 1 aromatic rings. The number of hydrogen-bond acceptors (Lipinski definition) is 4. The summed E-state index contributed by atoms with van der Waals surface area (Å²) in [6.45, 7) is 8.28. The van der Waals surface area contributed by atoms with Gasteiger partial charge in [0.1, 0.15) is 12.9 Å². The van der Waals surface area contributed by atoms with E-state index >= 15 is 0 Å². The molecular weight excluding hydrogens is 326 g/mol. The third kappa shape index (κ3) is 3.29. The van der Waals surface area contributed by atoms with Crippen molar-refractivity contribution in [3.63, 3.8) is 0 Å². The van der Waals surface area contributed by atoms with Gasteiger partial charge in [-0.3, -0.25) is 4.79 Å². The average molecular weight is 355 g/mol. The standard InChI is InChI=1S/C22H29NO3/c1-12-6-7-16(18(10-12)23-26-5)17-11-19(24)21(22(17)25)20-14(3)8-13(2)9-15(20)4/h8-9,12,16-17,25H,6-7,10-11H2,1-5H3. The lowest BCUT2D eigenvalue weighted by atomic mass is 9.74. The van der Waals surface area contributed by atoms with Crippen LogP contribution < -0.4 is 0 Å². The molecule has 1 aromatic carbocycles. The molecule has 140 valence electrons. The summed E-state index contributed by atoms with van der Waals surface area (Å²) in [4.78, 5) is 17.9. The lowest BCUT2D eigenvalue weighted by Crippen LogP contribution is -2.30. The minimum atomic E-state index is -0.181. The minimum absolute atomic E-state index is 0.0398. The molecule has 0 saturated heterocycles. The number of Topliss-reactive ketones (excluding diaryl/α,β-unsaturated/α-hetero) is 1. The van der Waals surface area contributed by atoms with E-state index in [9.17, 15) is 9.90 Å². The molecule has 0 radical (unpaired) electrons. The van der Waals surface area contributed by atoms with Crippen molar-refractivity contribution in [2.75, 3.05) is 7.11 Å². The highest BCUT2D eigenvalue weighted by Gasteiger charge is 2.42. The molecule has 0 aliphatic heterocycles. The Morgan fingerprint density at radius 3 is 2.35 bits per heavy atom. The van der Waals surface area contributed by atoms with Crippen molar-refractivity contribution in [3.8, 4) is 0 Å². The van der Waals surface area contributed by atoms with Gasteiger partial charge in [-0.05, 0) is 62.6 Å². The van der Waals surface area contributed by atoms with Crippen molar-refractivity contribution in [2.45, 2.75) is 53.4 Å². The summed E-state index contributed by atoms with van der Waals surface area (Å²) in [6, 6.07) is 4.15. The van der Waals surface area contributed by atoms with E-state index < -0.39 is 0 Å². The lowest BCUT2D eigenvalue weighted by molar-refractivity contribution is -0.113. The van der Waals surface area contributed by atoms with E-state index in [1.54, 1.807) is 7.11 Å².